The van der Waals surface area contributed by atoms with Crippen molar-refractivity contribution in [3.8, 4) is 27.9 Å². The van der Waals surface area contributed by atoms with Crippen LogP contribution in [-0.4, -0.2) is 9.55 Å². The first-order chi connectivity index (χ1) is 28.8. The molecule has 12 rings (SSSR count). The van der Waals surface area contributed by atoms with E-state index in [0.717, 1.165) is 39.3 Å². The van der Waals surface area contributed by atoms with Crippen LogP contribution in [-0.2, 0) is 0 Å². The van der Waals surface area contributed by atoms with Gasteiger partial charge in [0.1, 0.15) is 0 Å². The Labute approximate surface area is 339 Å². The number of hydrogen-bond acceptors (Lipinski definition) is 2. The number of anilines is 3. The molecule has 0 atom stereocenters. The maximum atomic E-state index is 3.77. The lowest BCUT2D eigenvalue weighted by Gasteiger charge is -2.26. The second kappa shape index (κ2) is 13.1. The Morgan fingerprint density at radius 1 is 0.397 bits per heavy atom. The summed E-state index contributed by atoms with van der Waals surface area (Å²) >= 11 is 1.88. The third kappa shape index (κ3) is 5.05. The first-order valence-corrected chi connectivity index (χ1v) is 20.6. The van der Waals surface area contributed by atoms with Crippen molar-refractivity contribution >= 4 is 92.2 Å². The second-order valence-corrected chi connectivity index (χ2v) is 16.0. The van der Waals surface area contributed by atoms with Gasteiger partial charge in [0.05, 0.1) is 22.2 Å². The van der Waals surface area contributed by atoms with Gasteiger partial charge < -0.3 is 14.5 Å². The van der Waals surface area contributed by atoms with Gasteiger partial charge in [-0.2, -0.15) is 0 Å². The van der Waals surface area contributed by atoms with Gasteiger partial charge in [-0.25, -0.2) is 0 Å². The number of H-pyrrole nitrogens is 1. The van der Waals surface area contributed by atoms with Crippen LogP contribution in [0.4, 0.5) is 17.1 Å². The SMILES string of the molecule is c1ccc(N(c2ccc(-c3cccc4c3sc3ccccc34)cc2)c2ccc3c4ccccc4n(-c4ccccc4-c4cccc5c4[nH]c4ccccc45)c3c2)cc1. The number of rotatable bonds is 6. The molecule has 0 aliphatic heterocycles. The summed E-state index contributed by atoms with van der Waals surface area (Å²) in [5.41, 5.74) is 13.9. The number of thiophene rings is 1. The van der Waals surface area contributed by atoms with E-state index >= 15 is 0 Å². The summed E-state index contributed by atoms with van der Waals surface area (Å²) in [6, 6.07) is 75.0. The molecule has 12 aromatic rings. The lowest BCUT2D eigenvalue weighted by Crippen LogP contribution is -2.10. The van der Waals surface area contributed by atoms with E-state index in [4.69, 9.17) is 0 Å². The summed E-state index contributed by atoms with van der Waals surface area (Å²) in [5, 5.41) is 7.56. The predicted octanol–water partition coefficient (Wildman–Crippen LogP) is 15.6. The van der Waals surface area contributed by atoms with Crippen LogP contribution in [0.5, 0.6) is 0 Å². The fraction of sp³-hybridized carbons (Fsp3) is 0. The molecule has 0 fully saturated rings. The number of nitrogens with one attached hydrogen (secondary N) is 1. The fourth-order valence-electron chi connectivity index (χ4n) is 9.14. The molecule has 0 aliphatic rings. The summed E-state index contributed by atoms with van der Waals surface area (Å²) < 4.78 is 5.11. The molecule has 1 N–H and O–H groups in total. The molecule has 0 amide bonds. The van der Waals surface area contributed by atoms with Gasteiger partial charge in [0.2, 0.25) is 0 Å². The minimum absolute atomic E-state index is 1.09. The Morgan fingerprint density at radius 3 is 1.90 bits per heavy atom. The number of aromatic nitrogens is 2. The molecule has 0 unspecified atom stereocenters. The maximum absolute atomic E-state index is 3.77. The third-order valence-electron chi connectivity index (χ3n) is 11.7. The van der Waals surface area contributed by atoms with E-state index in [0.29, 0.717) is 0 Å². The Hall–Kier alpha value is -7.40. The molecule has 9 aromatic carbocycles. The highest BCUT2D eigenvalue weighted by molar-refractivity contribution is 7.26. The number of nitrogens with zero attached hydrogens (tertiary/aromatic N) is 2. The monoisotopic (exact) mass is 757 g/mol. The highest BCUT2D eigenvalue weighted by Crippen LogP contribution is 2.44. The summed E-state index contributed by atoms with van der Waals surface area (Å²) in [6.45, 7) is 0. The second-order valence-electron chi connectivity index (χ2n) is 15.0. The third-order valence-corrected chi connectivity index (χ3v) is 13.0. The summed E-state index contributed by atoms with van der Waals surface area (Å²) in [7, 11) is 0. The van der Waals surface area contributed by atoms with E-state index in [1.807, 2.05) is 11.3 Å². The first kappa shape index (κ1) is 32.8. The number of hydrogen-bond donors (Lipinski definition) is 1. The van der Waals surface area contributed by atoms with E-state index < -0.39 is 0 Å². The minimum atomic E-state index is 1.09. The van der Waals surface area contributed by atoms with Crippen LogP contribution in [0.1, 0.15) is 0 Å². The normalized spacial score (nSPS) is 11.8. The van der Waals surface area contributed by atoms with Gasteiger partial charge in [0, 0.05) is 75.4 Å². The van der Waals surface area contributed by atoms with E-state index in [2.05, 4.69) is 221 Å². The van der Waals surface area contributed by atoms with Crippen molar-refractivity contribution in [1.29, 1.82) is 0 Å². The summed E-state index contributed by atoms with van der Waals surface area (Å²) in [5.74, 6) is 0. The molecule has 0 saturated carbocycles. The van der Waals surface area contributed by atoms with Crippen molar-refractivity contribution in [1.82, 2.24) is 9.55 Å². The Morgan fingerprint density at radius 2 is 1.02 bits per heavy atom. The lowest BCUT2D eigenvalue weighted by atomic mass is 10.00. The zero-order valence-electron chi connectivity index (χ0n) is 31.4. The van der Waals surface area contributed by atoms with Crippen LogP contribution >= 0.6 is 11.3 Å². The molecule has 0 saturated heterocycles. The number of benzene rings is 9. The Bertz CT molecular complexity index is 3520. The average molecular weight is 758 g/mol. The molecule has 0 bridgehead atoms. The predicted molar refractivity (Wildman–Crippen MR) is 249 cm³/mol. The van der Waals surface area contributed by atoms with Crippen molar-refractivity contribution in [2.75, 3.05) is 4.90 Å². The number of aromatic amines is 1. The zero-order valence-corrected chi connectivity index (χ0v) is 32.2. The van der Waals surface area contributed by atoms with E-state index in [-0.39, 0.29) is 0 Å². The van der Waals surface area contributed by atoms with Crippen molar-refractivity contribution in [3.63, 3.8) is 0 Å². The molecule has 3 aromatic heterocycles. The molecule has 3 nitrogen and oxygen atoms in total. The molecule has 3 heterocycles. The molecule has 58 heavy (non-hydrogen) atoms. The van der Waals surface area contributed by atoms with Crippen LogP contribution in [0, 0.1) is 0 Å². The van der Waals surface area contributed by atoms with Crippen molar-refractivity contribution in [2.24, 2.45) is 0 Å². The van der Waals surface area contributed by atoms with Gasteiger partial charge in [-0.05, 0) is 71.8 Å². The zero-order chi connectivity index (χ0) is 38.2. The first-order valence-electron chi connectivity index (χ1n) is 19.8. The smallest absolute Gasteiger partial charge is 0.0562 e. The quantitative estimate of drug-likeness (QED) is 0.179. The largest absolute Gasteiger partial charge is 0.354 e. The molecule has 0 aliphatic carbocycles. The van der Waals surface area contributed by atoms with Crippen LogP contribution in [0.25, 0.3) is 91.7 Å². The molecule has 272 valence electrons. The minimum Gasteiger partial charge on any atom is -0.354 e. The number of fused-ring (bicyclic) bond motifs is 9. The fourth-order valence-corrected chi connectivity index (χ4v) is 10.4. The molecule has 0 spiro atoms. The van der Waals surface area contributed by atoms with Gasteiger partial charge in [-0.3, -0.25) is 0 Å². The molecule has 4 heteroatoms. The van der Waals surface area contributed by atoms with Gasteiger partial charge >= 0.3 is 0 Å². The maximum Gasteiger partial charge on any atom is 0.0562 e. The van der Waals surface area contributed by atoms with Gasteiger partial charge in [0.15, 0.2) is 0 Å². The Balaban J connectivity index is 1.04. The van der Waals surface area contributed by atoms with Gasteiger partial charge in [0.25, 0.3) is 0 Å². The molecule has 0 radical (unpaired) electrons. The van der Waals surface area contributed by atoms with E-state index in [1.165, 1.54) is 69.5 Å². The van der Waals surface area contributed by atoms with E-state index in [1.54, 1.807) is 0 Å². The van der Waals surface area contributed by atoms with Crippen LogP contribution in [0.15, 0.2) is 206 Å². The molecular formula is C54H35N3S. The summed E-state index contributed by atoms with van der Waals surface area (Å²) in [6.07, 6.45) is 0. The highest BCUT2D eigenvalue weighted by atomic mass is 32.1. The lowest BCUT2D eigenvalue weighted by molar-refractivity contribution is 1.18. The molecular weight excluding hydrogens is 723 g/mol. The Kier molecular flexibility index (Phi) is 7.40. The van der Waals surface area contributed by atoms with Crippen molar-refractivity contribution < 1.29 is 0 Å². The summed E-state index contributed by atoms with van der Waals surface area (Å²) in [4.78, 5) is 6.14. The standard InChI is InChI=1S/C54H35N3S/c1-2-14-36(15-3-1)56(37-30-28-35(29-31-37)39-20-12-23-47-44-19-7-11-27-52(44)58-54(39)47)38-32-33-43-41-17-5-9-25-49(41)57(51(43)34-38)50-26-10-6-18-42(50)46-22-13-21-45-40-16-4-8-24-48(40)55-53(45)46/h1-34,55H. The van der Waals surface area contributed by atoms with Gasteiger partial charge in [-0.15, -0.1) is 11.3 Å². The topological polar surface area (TPSA) is 24.0 Å². The van der Waals surface area contributed by atoms with Crippen LogP contribution in [0.3, 0.4) is 0 Å². The van der Waals surface area contributed by atoms with Crippen LogP contribution in [0.2, 0.25) is 0 Å². The van der Waals surface area contributed by atoms with E-state index in [9.17, 15) is 0 Å². The van der Waals surface area contributed by atoms with Crippen LogP contribution < -0.4 is 4.90 Å². The van der Waals surface area contributed by atoms with Crippen molar-refractivity contribution in [3.05, 3.63) is 206 Å². The van der Waals surface area contributed by atoms with Gasteiger partial charge in [-0.1, -0.05) is 146 Å². The average Bonchev–Trinajstić information content (AvgIpc) is 3.97. The highest BCUT2D eigenvalue weighted by Gasteiger charge is 2.21. The van der Waals surface area contributed by atoms with Crippen molar-refractivity contribution in [2.45, 2.75) is 0 Å². The number of para-hydroxylation sites is 5.